The average Bonchev–Trinajstić information content (AvgIpc) is 2.37. The van der Waals surface area contributed by atoms with Crippen molar-refractivity contribution in [2.45, 2.75) is 6.92 Å². The van der Waals surface area contributed by atoms with E-state index in [0.29, 0.717) is 0 Å². The van der Waals surface area contributed by atoms with Gasteiger partial charge in [0.25, 0.3) is 5.69 Å². The highest BCUT2D eigenvalue weighted by Gasteiger charge is 2.23. The number of amides is 1. The molecule has 0 heterocycles. The molecule has 1 atom stereocenters. The molecule has 0 saturated carbocycles. The van der Waals surface area contributed by atoms with E-state index >= 15 is 0 Å². The van der Waals surface area contributed by atoms with Crippen molar-refractivity contribution in [1.82, 2.24) is 0 Å². The van der Waals surface area contributed by atoms with Gasteiger partial charge in [-0.2, -0.15) is 5.26 Å². The molecule has 8 heteroatoms. The van der Waals surface area contributed by atoms with Crippen LogP contribution in [0.3, 0.4) is 0 Å². The van der Waals surface area contributed by atoms with Gasteiger partial charge in [0.1, 0.15) is 11.6 Å². The molecule has 98 valence electrons. The second-order valence-corrected chi connectivity index (χ2v) is 3.65. The summed E-state index contributed by atoms with van der Waals surface area (Å²) >= 11 is 0. The van der Waals surface area contributed by atoms with Gasteiger partial charge in [-0.15, -0.1) is 0 Å². The first-order chi connectivity index (χ1) is 8.86. The maximum atomic E-state index is 11.5. The fourth-order valence-corrected chi connectivity index (χ4v) is 1.21. The van der Waals surface area contributed by atoms with Crippen molar-refractivity contribution >= 4 is 23.3 Å². The van der Waals surface area contributed by atoms with Gasteiger partial charge in [-0.25, -0.2) is 0 Å². The van der Waals surface area contributed by atoms with E-state index in [9.17, 15) is 19.7 Å². The minimum Gasteiger partial charge on any atom is -0.481 e. The van der Waals surface area contributed by atoms with Crippen molar-refractivity contribution in [2.24, 2.45) is 5.92 Å². The Labute approximate surface area is 107 Å². The molecule has 19 heavy (non-hydrogen) atoms. The number of anilines is 1. The van der Waals surface area contributed by atoms with E-state index in [1.54, 1.807) is 6.07 Å². The fraction of sp³-hybridized carbons (Fsp3) is 0.182. The Bertz CT molecular complexity index is 590. The molecule has 0 spiro atoms. The highest BCUT2D eigenvalue weighted by atomic mass is 16.6. The summed E-state index contributed by atoms with van der Waals surface area (Å²) < 4.78 is 0. The first kappa shape index (κ1) is 14.1. The number of hydrogen-bond donors (Lipinski definition) is 2. The summed E-state index contributed by atoms with van der Waals surface area (Å²) in [6.45, 7) is 1.16. The summed E-state index contributed by atoms with van der Waals surface area (Å²) in [4.78, 5) is 32.2. The summed E-state index contributed by atoms with van der Waals surface area (Å²) in [5.41, 5.74) is -0.553. The summed E-state index contributed by atoms with van der Waals surface area (Å²) in [5, 5.41) is 30.3. The van der Waals surface area contributed by atoms with Crippen LogP contribution in [0.25, 0.3) is 0 Å². The van der Waals surface area contributed by atoms with Crippen LogP contribution in [0.15, 0.2) is 18.2 Å². The Balaban J connectivity index is 3.08. The number of nitrogens with one attached hydrogen (secondary N) is 1. The van der Waals surface area contributed by atoms with Crippen molar-refractivity contribution in [2.75, 3.05) is 5.32 Å². The molecular weight excluding hydrogens is 254 g/mol. The van der Waals surface area contributed by atoms with E-state index < -0.39 is 28.4 Å². The summed E-state index contributed by atoms with van der Waals surface area (Å²) in [6.07, 6.45) is 0. The quantitative estimate of drug-likeness (QED) is 0.475. The number of carbonyl (C=O) groups excluding carboxylic acids is 1. The van der Waals surface area contributed by atoms with Crippen molar-refractivity contribution in [1.29, 1.82) is 5.26 Å². The van der Waals surface area contributed by atoms with Crippen LogP contribution < -0.4 is 5.32 Å². The van der Waals surface area contributed by atoms with Crippen LogP contribution in [-0.2, 0) is 9.59 Å². The topological polar surface area (TPSA) is 133 Å². The van der Waals surface area contributed by atoms with Crippen molar-refractivity contribution in [3.8, 4) is 6.07 Å². The second-order valence-electron chi connectivity index (χ2n) is 3.65. The molecule has 0 saturated heterocycles. The minimum absolute atomic E-state index is 0.0657. The number of nitro benzene ring substituents is 1. The van der Waals surface area contributed by atoms with Gasteiger partial charge in [0.15, 0.2) is 0 Å². The van der Waals surface area contributed by atoms with Crippen LogP contribution >= 0.6 is 0 Å². The molecule has 1 aromatic rings. The van der Waals surface area contributed by atoms with Crippen LogP contribution in [0.1, 0.15) is 12.5 Å². The Morgan fingerprint density at radius 1 is 1.53 bits per heavy atom. The molecule has 0 aliphatic rings. The second kappa shape index (κ2) is 5.59. The number of carboxylic acid groups (broad SMARTS) is 1. The molecule has 0 aliphatic heterocycles. The van der Waals surface area contributed by atoms with E-state index in [0.717, 1.165) is 13.0 Å². The Kier molecular flexibility index (Phi) is 4.15. The highest BCUT2D eigenvalue weighted by molar-refractivity contribution is 6.04. The lowest BCUT2D eigenvalue weighted by Gasteiger charge is -2.08. The maximum Gasteiger partial charge on any atom is 0.315 e. The molecule has 8 nitrogen and oxygen atoms in total. The van der Waals surface area contributed by atoms with Gasteiger partial charge >= 0.3 is 5.97 Å². The van der Waals surface area contributed by atoms with E-state index in [1.165, 1.54) is 12.1 Å². The number of rotatable bonds is 4. The molecule has 1 amide bonds. The van der Waals surface area contributed by atoms with Gasteiger partial charge in [-0.1, -0.05) is 0 Å². The van der Waals surface area contributed by atoms with Gasteiger partial charge in [0.2, 0.25) is 5.91 Å². The molecule has 0 fully saturated rings. The van der Waals surface area contributed by atoms with Gasteiger partial charge in [-0.3, -0.25) is 19.7 Å². The van der Waals surface area contributed by atoms with Gasteiger partial charge in [0, 0.05) is 6.07 Å². The fourth-order valence-electron chi connectivity index (χ4n) is 1.21. The third kappa shape index (κ3) is 3.26. The van der Waals surface area contributed by atoms with E-state index in [2.05, 4.69) is 5.32 Å². The third-order valence-corrected chi connectivity index (χ3v) is 2.35. The van der Waals surface area contributed by atoms with Crippen molar-refractivity contribution in [3.05, 3.63) is 33.9 Å². The normalized spacial score (nSPS) is 11.2. The summed E-state index contributed by atoms with van der Waals surface area (Å²) in [7, 11) is 0. The van der Waals surface area contributed by atoms with Crippen molar-refractivity contribution in [3.63, 3.8) is 0 Å². The lowest BCUT2D eigenvalue weighted by molar-refractivity contribution is -0.384. The van der Waals surface area contributed by atoms with Gasteiger partial charge < -0.3 is 10.4 Å². The number of hydrogen-bond acceptors (Lipinski definition) is 5. The molecule has 0 aromatic heterocycles. The van der Waals surface area contributed by atoms with Crippen molar-refractivity contribution < 1.29 is 19.6 Å². The molecule has 0 aliphatic carbocycles. The van der Waals surface area contributed by atoms with Crippen LogP contribution in [-0.4, -0.2) is 21.9 Å². The number of carboxylic acids is 1. The molecule has 0 radical (unpaired) electrons. The first-order valence-corrected chi connectivity index (χ1v) is 5.09. The predicted molar refractivity (Wildman–Crippen MR) is 63.2 cm³/mol. The zero-order valence-corrected chi connectivity index (χ0v) is 9.78. The number of nitro groups is 1. The zero-order valence-electron chi connectivity index (χ0n) is 9.78. The lowest BCUT2D eigenvalue weighted by Crippen LogP contribution is -2.27. The van der Waals surface area contributed by atoms with Crippen LogP contribution in [0.2, 0.25) is 0 Å². The first-order valence-electron chi connectivity index (χ1n) is 5.09. The van der Waals surface area contributed by atoms with E-state index in [4.69, 9.17) is 10.4 Å². The number of nitriles is 1. The van der Waals surface area contributed by atoms with Crippen LogP contribution in [0, 0.1) is 27.4 Å². The minimum atomic E-state index is -1.34. The highest BCUT2D eigenvalue weighted by Crippen LogP contribution is 2.25. The Morgan fingerprint density at radius 3 is 2.63 bits per heavy atom. The number of aliphatic carboxylic acids is 1. The molecule has 1 rings (SSSR count). The van der Waals surface area contributed by atoms with Gasteiger partial charge in [0.05, 0.1) is 16.6 Å². The predicted octanol–water partition coefficient (Wildman–Crippen LogP) is 1.13. The molecule has 0 bridgehead atoms. The number of nitrogens with zero attached hydrogens (tertiary/aromatic N) is 2. The standard InChI is InChI=1S/C11H9N3O5/c1-6(11(16)17)10(15)13-8-3-2-7(5-12)4-9(8)14(18)19/h2-4,6H,1H3,(H,13,15)(H,16,17). The Hall–Kier alpha value is -2.95. The Morgan fingerprint density at radius 2 is 2.16 bits per heavy atom. The molecule has 1 unspecified atom stereocenters. The summed E-state index contributed by atoms with van der Waals surface area (Å²) in [5.74, 6) is -3.55. The SMILES string of the molecule is CC(C(=O)O)C(=O)Nc1ccc(C#N)cc1[N+](=O)[O-]. The van der Waals surface area contributed by atoms with Crippen LogP contribution in [0.4, 0.5) is 11.4 Å². The summed E-state index contributed by atoms with van der Waals surface area (Å²) in [6, 6.07) is 5.20. The number of carbonyl (C=O) groups is 2. The molecular formula is C11H9N3O5. The largest absolute Gasteiger partial charge is 0.481 e. The zero-order chi connectivity index (χ0) is 14.6. The number of benzene rings is 1. The molecule has 1 aromatic carbocycles. The molecule has 2 N–H and O–H groups in total. The van der Waals surface area contributed by atoms with E-state index in [-0.39, 0.29) is 11.3 Å². The monoisotopic (exact) mass is 263 g/mol. The average molecular weight is 263 g/mol. The van der Waals surface area contributed by atoms with Crippen LogP contribution in [0.5, 0.6) is 0 Å². The van der Waals surface area contributed by atoms with E-state index in [1.807, 2.05) is 0 Å². The third-order valence-electron chi connectivity index (χ3n) is 2.35. The van der Waals surface area contributed by atoms with Gasteiger partial charge in [-0.05, 0) is 19.1 Å². The maximum absolute atomic E-state index is 11.5. The lowest BCUT2D eigenvalue weighted by atomic mass is 10.1. The smallest absolute Gasteiger partial charge is 0.315 e.